The van der Waals surface area contributed by atoms with Crippen LogP contribution in [0, 0.1) is 0 Å². The lowest BCUT2D eigenvalue weighted by molar-refractivity contribution is 0.197. The van der Waals surface area contributed by atoms with Crippen LogP contribution in [-0.4, -0.2) is 30.7 Å². The monoisotopic (exact) mass is 158 g/mol. The van der Waals surface area contributed by atoms with Crippen molar-refractivity contribution in [2.75, 3.05) is 19.6 Å². The van der Waals surface area contributed by atoms with Gasteiger partial charge in [0, 0.05) is 0 Å². The van der Waals surface area contributed by atoms with Crippen LogP contribution in [0.1, 0.15) is 34.1 Å². The van der Waals surface area contributed by atoms with Gasteiger partial charge in [0.2, 0.25) is 0 Å². The molecule has 0 bridgehead atoms. The Morgan fingerprint density at radius 3 is 2.09 bits per heavy atom. The number of hydrogen-bond acceptors (Lipinski definition) is 2. The third-order valence-electron chi connectivity index (χ3n) is 2.05. The van der Waals surface area contributed by atoms with Crippen LogP contribution in [0.25, 0.3) is 0 Å². The van der Waals surface area contributed by atoms with E-state index in [9.17, 15) is 0 Å². The molecule has 0 rings (SSSR count). The molecule has 0 aromatic heterocycles. The maximum Gasteiger partial charge on any atom is 0.0567 e. The molecule has 0 fully saturated rings. The lowest BCUT2D eigenvalue weighted by atomic mass is 10.4. The molecule has 0 aliphatic rings. The summed E-state index contributed by atoms with van der Waals surface area (Å²) in [6, 6.07) is 0. The maximum absolute atomic E-state index is 3.46. The molecule has 0 heterocycles. The van der Waals surface area contributed by atoms with E-state index in [2.05, 4.69) is 37.9 Å². The van der Waals surface area contributed by atoms with Gasteiger partial charge in [0.1, 0.15) is 0 Å². The van der Waals surface area contributed by atoms with Crippen LogP contribution >= 0.6 is 0 Å². The van der Waals surface area contributed by atoms with Gasteiger partial charge in [0.25, 0.3) is 0 Å². The molecule has 1 atom stereocenters. The van der Waals surface area contributed by atoms with Crippen LogP contribution in [0.3, 0.4) is 0 Å². The first-order valence-corrected chi connectivity index (χ1v) is 4.73. The Balaban J connectivity index is 3.51. The molecule has 2 nitrogen and oxygen atoms in total. The second kappa shape index (κ2) is 6.62. The summed E-state index contributed by atoms with van der Waals surface area (Å²) < 4.78 is 0. The van der Waals surface area contributed by atoms with Crippen LogP contribution in [0.15, 0.2) is 0 Å². The summed E-state index contributed by atoms with van der Waals surface area (Å²) in [6.07, 6.45) is 1.75. The van der Waals surface area contributed by atoms with Crippen molar-refractivity contribution in [3.8, 4) is 0 Å². The predicted molar refractivity (Wildman–Crippen MR) is 50.7 cm³/mol. The fraction of sp³-hybridized carbons (Fsp3) is 1.00. The van der Waals surface area contributed by atoms with E-state index >= 15 is 0 Å². The van der Waals surface area contributed by atoms with Gasteiger partial charge < -0.3 is 5.32 Å². The minimum atomic E-state index is 0.532. The first-order valence-electron chi connectivity index (χ1n) is 4.73. The van der Waals surface area contributed by atoms with Gasteiger partial charge in [-0.1, -0.05) is 20.8 Å². The number of nitrogens with zero attached hydrogens (tertiary/aromatic N) is 1. The highest BCUT2D eigenvalue weighted by molar-refractivity contribution is 4.60. The minimum absolute atomic E-state index is 0.532. The molecule has 0 spiro atoms. The quantitative estimate of drug-likeness (QED) is 0.592. The van der Waals surface area contributed by atoms with E-state index in [1.807, 2.05) is 0 Å². The van der Waals surface area contributed by atoms with Crippen molar-refractivity contribution < 1.29 is 0 Å². The number of hydrogen-bond donors (Lipinski definition) is 1. The van der Waals surface area contributed by atoms with Crippen molar-refractivity contribution in [3.05, 3.63) is 0 Å². The molecule has 0 aliphatic carbocycles. The van der Waals surface area contributed by atoms with Crippen LogP contribution in [0.5, 0.6) is 0 Å². The molecule has 11 heavy (non-hydrogen) atoms. The molecule has 0 aromatic rings. The normalized spacial score (nSPS) is 13.9. The lowest BCUT2D eigenvalue weighted by Crippen LogP contribution is -2.43. The third kappa shape index (κ3) is 4.38. The zero-order valence-corrected chi connectivity index (χ0v) is 8.35. The van der Waals surface area contributed by atoms with Crippen molar-refractivity contribution in [1.29, 1.82) is 0 Å². The first kappa shape index (κ1) is 10.9. The highest BCUT2D eigenvalue weighted by Crippen LogP contribution is 1.93. The predicted octanol–water partition coefficient (Wildman–Crippen LogP) is 1.67. The van der Waals surface area contributed by atoms with E-state index in [0.29, 0.717) is 6.17 Å². The first-order chi connectivity index (χ1) is 5.26. The van der Waals surface area contributed by atoms with E-state index in [1.54, 1.807) is 0 Å². The molecule has 0 saturated carbocycles. The van der Waals surface area contributed by atoms with E-state index in [0.717, 1.165) is 19.6 Å². The van der Waals surface area contributed by atoms with E-state index in [-0.39, 0.29) is 0 Å². The minimum Gasteiger partial charge on any atom is -0.302 e. The average Bonchev–Trinajstić information content (AvgIpc) is 2.03. The summed E-state index contributed by atoms with van der Waals surface area (Å²) in [5.41, 5.74) is 0. The fourth-order valence-corrected chi connectivity index (χ4v) is 1.25. The molecule has 1 N–H and O–H groups in total. The summed E-state index contributed by atoms with van der Waals surface area (Å²) in [6.45, 7) is 12.2. The Hall–Kier alpha value is -0.0800. The Labute approximate surface area is 71.0 Å². The van der Waals surface area contributed by atoms with Crippen molar-refractivity contribution in [2.45, 2.75) is 40.3 Å². The molecule has 0 saturated heterocycles. The van der Waals surface area contributed by atoms with Crippen molar-refractivity contribution in [3.63, 3.8) is 0 Å². The van der Waals surface area contributed by atoms with Gasteiger partial charge in [-0.15, -0.1) is 0 Å². The molecule has 0 amide bonds. The summed E-state index contributed by atoms with van der Waals surface area (Å²) in [4.78, 5) is 2.41. The van der Waals surface area contributed by atoms with Crippen molar-refractivity contribution >= 4 is 0 Å². The Kier molecular flexibility index (Phi) is 6.57. The highest BCUT2D eigenvalue weighted by Gasteiger charge is 2.06. The van der Waals surface area contributed by atoms with Gasteiger partial charge >= 0.3 is 0 Å². The number of nitrogens with one attached hydrogen (secondary N) is 1. The Morgan fingerprint density at radius 2 is 1.73 bits per heavy atom. The van der Waals surface area contributed by atoms with Crippen molar-refractivity contribution in [1.82, 2.24) is 10.2 Å². The maximum atomic E-state index is 3.46. The Morgan fingerprint density at radius 1 is 1.18 bits per heavy atom. The Bertz CT molecular complexity index is 79.6. The summed E-state index contributed by atoms with van der Waals surface area (Å²) in [5.74, 6) is 0. The zero-order valence-electron chi connectivity index (χ0n) is 8.35. The molecule has 2 heteroatoms. The summed E-state index contributed by atoms with van der Waals surface area (Å²) >= 11 is 0. The van der Waals surface area contributed by atoms with Crippen molar-refractivity contribution in [2.24, 2.45) is 0 Å². The van der Waals surface area contributed by atoms with Gasteiger partial charge in [0.05, 0.1) is 6.17 Å². The highest BCUT2D eigenvalue weighted by atomic mass is 15.2. The zero-order chi connectivity index (χ0) is 8.69. The van der Waals surface area contributed by atoms with Gasteiger partial charge in [-0.05, 0) is 33.0 Å². The standard InChI is InChI=1S/C9H22N2/c1-5-8-10-9(4)11(6-2)7-3/h9-10H,5-8H2,1-4H3. The van der Waals surface area contributed by atoms with Crippen LogP contribution in [-0.2, 0) is 0 Å². The summed E-state index contributed by atoms with van der Waals surface area (Å²) in [5, 5.41) is 3.46. The van der Waals surface area contributed by atoms with Gasteiger partial charge in [-0.3, -0.25) is 4.90 Å². The van der Waals surface area contributed by atoms with E-state index in [4.69, 9.17) is 0 Å². The second-order valence-electron chi connectivity index (χ2n) is 2.85. The topological polar surface area (TPSA) is 15.3 Å². The molecule has 68 valence electrons. The van der Waals surface area contributed by atoms with E-state index in [1.165, 1.54) is 6.42 Å². The van der Waals surface area contributed by atoms with Crippen LogP contribution in [0.2, 0.25) is 0 Å². The van der Waals surface area contributed by atoms with Crippen LogP contribution < -0.4 is 5.32 Å². The summed E-state index contributed by atoms with van der Waals surface area (Å²) in [7, 11) is 0. The average molecular weight is 158 g/mol. The molecule has 0 aromatic carbocycles. The molecular formula is C9H22N2. The second-order valence-corrected chi connectivity index (χ2v) is 2.85. The third-order valence-corrected chi connectivity index (χ3v) is 2.05. The van der Waals surface area contributed by atoms with Gasteiger partial charge in [-0.25, -0.2) is 0 Å². The van der Waals surface area contributed by atoms with Crippen LogP contribution in [0.4, 0.5) is 0 Å². The molecular weight excluding hydrogens is 136 g/mol. The van der Waals surface area contributed by atoms with Gasteiger partial charge in [-0.2, -0.15) is 0 Å². The number of rotatable bonds is 6. The molecule has 0 aliphatic heterocycles. The largest absolute Gasteiger partial charge is 0.302 e. The van der Waals surface area contributed by atoms with E-state index < -0.39 is 0 Å². The fourth-order valence-electron chi connectivity index (χ4n) is 1.25. The lowest BCUT2D eigenvalue weighted by Gasteiger charge is -2.26. The SMILES string of the molecule is CCCNC(C)N(CC)CC. The molecule has 1 unspecified atom stereocenters. The smallest absolute Gasteiger partial charge is 0.0567 e. The molecule has 0 radical (unpaired) electrons. The van der Waals surface area contributed by atoms with Gasteiger partial charge in [0.15, 0.2) is 0 Å².